The Morgan fingerprint density at radius 1 is 1.19 bits per heavy atom. The summed E-state index contributed by atoms with van der Waals surface area (Å²) in [7, 11) is 0. The second kappa shape index (κ2) is 5.18. The third-order valence-electron chi connectivity index (χ3n) is 2.71. The van der Waals surface area contributed by atoms with Crippen LogP contribution < -0.4 is 20.9 Å². The molecule has 1 atom stereocenters. The van der Waals surface area contributed by atoms with Crippen LogP contribution in [-0.4, -0.2) is 19.8 Å². The van der Waals surface area contributed by atoms with Crippen LogP contribution in [0, 0.1) is 0 Å². The van der Waals surface area contributed by atoms with Crippen LogP contribution in [0.4, 0.5) is 0 Å². The molecule has 0 amide bonds. The zero-order valence-corrected chi connectivity index (χ0v) is 9.32. The predicted molar refractivity (Wildman–Crippen MR) is 62.6 cm³/mol. The van der Waals surface area contributed by atoms with E-state index in [0.29, 0.717) is 19.8 Å². The lowest BCUT2D eigenvalue weighted by Crippen LogP contribution is -2.17. The van der Waals surface area contributed by atoms with Crippen molar-refractivity contribution in [3.05, 3.63) is 23.8 Å². The van der Waals surface area contributed by atoms with Crippen molar-refractivity contribution in [2.24, 2.45) is 11.5 Å². The van der Waals surface area contributed by atoms with E-state index >= 15 is 0 Å². The molecule has 1 aliphatic heterocycles. The molecule has 88 valence electrons. The number of fused-ring (bicyclic) bond motifs is 1. The van der Waals surface area contributed by atoms with Gasteiger partial charge in [-0.1, -0.05) is 6.07 Å². The summed E-state index contributed by atoms with van der Waals surface area (Å²) in [4.78, 5) is 0. The van der Waals surface area contributed by atoms with Crippen LogP contribution in [-0.2, 0) is 0 Å². The quantitative estimate of drug-likeness (QED) is 0.803. The Morgan fingerprint density at radius 3 is 2.69 bits per heavy atom. The lowest BCUT2D eigenvalue weighted by molar-refractivity contribution is 0.171. The number of benzene rings is 1. The molecule has 4 heteroatoms. The van der Waals surface area contributed by atoms with Gasteiger partial charge in [0.15, 0.2) is 11.5 Å². The van der Waals surface area contributed by atoms with Crippen molar-refractivity contribution >= 4 is 0 Å². The van der Waals surface area contributed by atoms with Crippen LogP contribution >= 0.6 is 0 Å². The third-order valence-corrected chi connectivity index (χ3v) is 2.71. The van der Waals surface area contributed by atoms with Crippen LogP contribution in [0.5, 0.6) is 11.5 Å². The van der Waals surface area contributed by atoms with E-state index in [1.54, 1.807) is 0 Å². The zero-order chi connectivity index (χ0) is 11.4. The smallest absolute Gasteiger partial charge is 0.161 e. The molecule has 0 fully saturated rings. The van der Waals surface area contributed by atoms with Gasteiger partial charge in [0, 0.05) is 6.04 Å². The summed E-state index contributed by atoms with van der Waals surface area (Å²) in [6.45, 7) is 1.90. The molecule has 4 nitrogen and oxygen atoms in total. The summed E-state index contributed by atoms with van der Waals surface area (Å²) in [5.41, 5.74) is 12.6. The molecule has 0 aliphatic carbocycles. The standard InChI is InChI=1S/C12H18N2O2/c13-5-1-2-10(14)9-3-4-11-12(8-9)16-7-6-15-11/h3-4,8,10H,1-2,5-7,13-14H2/t10-/m1/s1. The highest BCUT2D eigenvalue weighted by Gasteiger charge is 2.14. The Balaban J connectivity index is 2.10. The van der Waals surface area contributed by atoms with Gasteiger partial charge in [-0.05, 0) is 37.1 Å². The van der Waals surface area contributed by atoms with Crippen LogP contribution in [0.2, 0.25) is 0 Å². The normalized spacial score (nSPS) is 15.9. The van der Waals surface area contributed by atoms with Crippen molar-refractivity contribution in [1.82, 2.24) is 0 Å². The zero-order valence-electron chi connectivity index (χ0n) is 9.32. The Bertz CT molecular complexity index is 355. The largest absolute Gasteiger partial charge is 0.486 e. The minimum Gasteiger partial charge on any atom is -0.486 e. The summed E-state index contributed by atoms with van der Waals surface area (Å²) < 4.78 is 11.0. The van der Waals surface area contributed by atoms with E-state index in [2.05, 4.69) is 0 Å². The van der Waals surface area contributed by atoms with Crippen LogP contribution in [0.25, 0.3) is 0 Å². The highest BCUT2D eigenvalue weighted by atomic mass is 16.6. The molecule has 0 saturated carbocycles. The van der Waals surface area contributed by atoms with E-state index in [0.717, 1.165) is 29.9 Å². The van der Waals surface area contributed by atoms with Gasteiger partial charge in [0.05, 0.1) is 0 Å². The molecule has 1 aromatic rings. The fourth-order valence-electron chi connectivity index (χ4n) is 1.80. The van der Waals surface area contributed by atoms with Gasteiger partial charge in [-0.15, -0.1) is 0 Å². The summed E-state index contributed by atoms with van der Waals surface area (Å²) >= 11 is 0. The minimum absolute atomic E-state index is 0.0272. The summed E-state index contributed by atoms with van der Waals surface area (Å²) in [5, 5.41) is 0. The number of hydrogen-bond donors (Lipinski definition) is 2. The summed E-state index contributed by atoms with van der Waals surface area (Å²) in [5.74, 6) is 1.60. The fraction of sp³-hybridized carbons (Fsp3) is 0.500. The molecule has 4 N–H and O–H groups in total. The van der Waals surface area contributed by atoms with Gasteiger partial charge in [-0.2, -0.15) is 0 Å². The van der Waals surface area contributed by atoms with Crippen molar-refractivity contribution in [3.8, 4) is 11.5 Å². The third kappa shape index (κ3) is 2.46. The number of hydrogen-bond acceptors (Lipinski definition) is 4. The van der Waals surface area contributed by atoms with Crippen molar-refractivity contribution in [1.29, 1.82) is 0 Å². The molecule has 0 bridgehead atoms. The average Bonchev–Trinajstić information content (AvgIpc) is 2.35. The van der Waals surface area contributed by atoms with E-state index in [4.69, 9.17) is 20.9 Å². The van der Waals surface area contributed by atoms with Gasteiger partial charge in [-0.25, -0.2) is 0 Å². The van der Waals surface area contributed by atoms with Gasteiger partial charge in [0.1, 0.15) is 13.2 Å². The number of nitrogens with two attached hydrogens (primary N) is 2. The molecule has 0 saturated heterocycles. The molecular weight excluding hydrogens is 204 g/mol. The second-order valence-electron chi connectivity index (χ2n) is 3.94. The van der Waals surface area contributed by atoms with Gasteiger partial charge in [0.25, 0.3) is 0 Å². The molecule has 0 spiro atoms. The highest BCUT2D eigenvalue weighted by molar-refractivity contribution is 5.44. The summed E-state index contributed by atoms with van der Waals surface area (Å²) in [6, 6.07) is 5.91. The van der Waals surface area contributed by atoms with Gasteiger partial charge in [0.2, 0.25) is 0 Å². The van der Waals surface area contributed by atoms with Gasteiger partial charge in [-0.3, -0.25) is 0 Å². The molecular formula is C12H18N2O2. The molecule has 2 rings (SSSR count). The van der Waals surface area contributed by atoms with E-state index in [1.807, 2.05) is 18.2 Å². The monoisotopic (exact) mass is 222 g/mol. The Labute approximate surface area is 95.5 Å². The predicted octanol–water partition coefficient (Wildman–Crippen LogP) is 1.20. The molecule has 0 unspecified atom stereocenters. The Morgan fingerprint density at radius 2 is 1.94 bits per heavy atom. The van der Waals surface area contributed by atoms with E-state index in [-0.39, 0.29) is 6.04 Å². The molecule has 16 heavy (non-hydrogen) atoms. The van der Waals surface area contributed by atoms with Crippen LogP contribution in [0.3, 0.4) is 0 Å². The molecule has 0 radical (unpaired) electrons. The molecule has 1 heterocycles. The van der Waals surface area contributed by atoms with E-state index in [1.165, 1.54) is 0 Å². The van der Waals surface area contributed by atoms with E-state index in [9.17, 15) is 0 Å². The first-order valence-corrected chi connectivity index (χ1v) is 5.66. The first-order chi connectivity index (χ1) is 7.81. The van der Waals surface area contributed by atoms with Gasteiger partial charge < -0.3 is 20.9 Å². The Hall–Kier alpha value is -1.26. The highest BCUT2D eigenvalue weighted by Crippen LogP contribution is 2.32. The fourth-order valence-corrected chi connectivity index (χ4v) is 1.80. The maximum absolute atomic E-state index is 6.06. The average molecular weight is 222 g/mol. The Kier molecular flexibility index (Phi) is 3.64. The second-order valence-corrected chi connectivity index (χ2v) is 3.94. The van der Waals surface area contributed by atoms with Crippen LogP contribution in [0.15, 0.2) is 18.2 Å². The molecule has 1 aliphatic rings. The molecule has 1 aromatic carbocycles. The molecule has 0 aromatic heterocycles. The van der Waals surface area contributed by atoms with Crippen molar-refractivity contribution in [3.63, 3.8) is 0 Å². The van der Waals surface area contributed by atoms with E-state index < -0.39 is 0 Å². The number of rotatable bonds is 4. The minimum atomic E-state index is 0.0272. The lowest BCUT2D eigenvalue weighted by atomic mass is 10.0. The SMILES string of the molecule is NCCC[C@@H](N)c1ccc2c(c1)OCCO2. The first-order valence-electron chi connectivity index (χ1n) is 5.66. The summed E-state index contributed by atoms with van der Waals surface area (Å²) in [6.07, 6.45) is 1.84. The first kappa shape index (κ1) is 11.2. The van der Waals surface area contributed by atoms with Crippen molar-refractivity contribution in [2.75, 3.05) is 19.8 Å². The maximum atomic E-state index is 6.06. The maximum Gasteiger partial charge on any atom is 0.161 e. The van der Waals surface area contributed by atoms with Crippen LogP contribution in [0.1, 0.15) is 24.4 Å². The lowest BCUT2D eigenvalue weighted by Gasteiger charge is -2.20. The topological polar surface area (TPSA) is 70.5 Å². The van der Waals surface area contributed by atoms with Crippen molar-refractivity contribution < 1.29 is 9.47 Å². The van der Waals surface area contributed by atoms with Gasteiger partial charge >= 0.3 is 0 Å². The number of ether oxygens (including phenoxy) is 2. The van der Waals surface area contributed by atoms with Crippen molar-refractivity contribution in [2.45, 2.75) is 18.9 Å².